The molecule has 0 fully saturated rings. The van der Waals surface area contributed by atoms with E-state index in [1.165, 1.54) is 12.1 Å². The van der Waals surface area contributed by atoms with Crippen molar-refractivity contribution in [2.45, 2.75) is 6.10 Å². The van der Waals surface area contributed by atoms with Gasteiger partial charge in [0.1, 0.15) is 12.1 Å². The van der Waals surface area contributed by atoms with E-state index in [4.69, 9.17) is 11.6 Å². The van der Waals surface area contributed by atoms with Gasteiger partial charge in [0.05, 0.1) is 16.8 Å². The zero-order chi connectivity index (χ0) is 21.0. The first-order valence-corrected chi connectivity index (χ1v) is 9.08. The molecule has 3 rings (SSSR count). The first kappa shape index (κ1) is 20.6. The van der Waals surface area contributed by atoms with E-state index >= 15 is 0 Å². The molecule has 8 nitrogen and oxygen atoms in total. The van der Waals surface area contributed by atoms with Gasteiger partial charge in [0.25, 0.3) is 0 Å². The summed E-state index contributed by atoms with van der Waals surface area (Å²) in [6.07, 6.45) is 0.509. The standard InChI is InChI=1S/C19H20ClFN6O2/c1-26(2)18-23-11-27(25-18)14-5-3-4-13(9-14)24-19(29)22-10-17(28)12-6-7-15(20)16(21)8-12/h3-9,11,17,28H,10H2,1-2H3,(H2,22,24,29)/t17-/m1/s1. The van der Waals surface area contributed by atoms with Crippen LogP contribution in [-0.2, 0) is 0 Å². The fraction of sp³-hybridized carbons (Fsp3) is 0.211. The van der Waals surface area contributed by atoms with Gasteiger partial charge in [-0.15, -0.1) is 5.10 Å². The largest absolute Gasteiger partial charge is 0.387 e. The Morgan fingerprint density at radius 2 is 2.10 bits per heavy atom. The summed E-state index contributed by atoms with van der Waals surface area (Å²) >= 11 is 5.63. The number of nitrogens with one attached hydrogen (secondary N) is 2. The van der Waals surface area contributed by atoms with E-state index in [1.54, 1.807) is 34.1 Å². The summed E-state index contributed by atoms with van der Waals surface area (Å²) in [4.78, 5) is 18.1. The average molecular weight is 419 g/mol. The summed E-state index contributed by atoms with van der Waals surface area (Å²) < 4.78 is 15.1. The third kappa shape index (κ3) is 5.21. The minimum Gasteiger partial charge on any atom is -0.387 e. The van der Waals surface area contributed by atoms with Crippen molar-refractivity contribution in [2.24, 2.45) is 0 Å². The van der Waals surface area contributed by atoms with Gasteiger partial charge in [-0.2, -0.15) is 4.98 Å². The molecule has 0 aliphatic rings. The molecule has 152 valence electrons. The number of aromatic nitrogens is 3. The molecule has 10 heteroatoms. The molecule has 1 aromatic heterocycles. The van der Waals surface area contributed by atoms with Crippen LogP contribution in [0.25, 0.3) is 5.69 Å². The first-order valence-electron chi connectivity index (χ1n) is 8.71. The van der Waals surface area contributed by atoms with Crippen LogP contribution in [0.4, 0.5) is 20.8 Å². The van der Waals surface area contributed by atoms with E-state index in [0.717, 1.165) is 11.8 Å². The minimum absolute atomic E-state index is 0.0309. The maximum absolute atomic E-state index is 13.5. The molecule has 1 heterocycles. The second kappa shape index (κ2) is 8.89. The SMILES string of the molecule is CN(C)c1ncn(-c2cccc(NC(=O)NC[C@@H](O)c3ccc(Cl)c(F)c3)c2)n1. The summed E-state index contributed by atoms with van der Waals surface area (Å²) in [5.41, 5.74) is 1.58. The number of rotatable bonds is 6. The highest BCUT2D eigenvalue weighted by Crippen LogP contribution is 2.20. The molecular formula is C19H20ClFN6O2. The van der Waals surface area contributed by atoms with Gasteiger partial charge >= 0.3 is 6.03 Å². The topological polar surface area (TPSA) is 95.3 Å². The molecule has 2 aromatic carbocycles. The highest BCUT2D eigenvalue weighted by Gasteiger charge is 2.12. The van der Waals surface area contributed by atoms with Gasteiger partial charge in [0.15, 0.2) is 0 Å². The number of aliphatic hydroxyl groups excluding tert-OH is 1. The molecule has 0 saturated carbocycles. The summed E-state index contributed by atoms with van der Waals surface area (Å²) in [6.45, 7) is -0.0954. The van der Waals surface area contributed by atoms with E-state index in [0.29, 0.717) is 17.2 Å². The molecule has 0 bridgehead atoms. The maximum atomic E-state index is 13.5. The molecule has 0 spiro atoms. The van der Waals surface area contributed by atoms with E-state index in [9.17, 15) is 14.3 Å². The van der Waals surface area contributed by atoms with Crippen molar-refractivity contribution in [1.29, 1.82) is 0 Å². The van der Waals surface area contributed by atoms with Crippen molar-refractivity contribution >= 4 is 29.3 Å². The van der Waals surface area contributed by atoms with Crippen LogP contribution in [0, 0.1) is 5.82 Å². The Morgan fingerprint density at radius 3 is 2.79 bits per heavy atom. The van der Waals surface area contributed by atoms with Gasteiger partial charge in [-0.25, -0.2) is 13.9 Å². The zero-order valence-electron chi connectivity index (χ0n) is 15.8. The van der Waals surface area contributed by atoms with Gasteiger partial charge < -0.3 is 20.6 Å². The predicted molar refractivity (Wildman–Crippen MR) is 109 cm³/mol. The van der Waals surface area contributed by atoms with Crippen molar-refractivity contribution in [3.05, 3.63) is 65.2 Å². The summed E-state index contributed by atoms with van der Waals surface area (Å²) in [5.74, 6) is -0.0660. The Labute approximate surface area is 171 Å². The molecule has 0 aliphatic carbocycles. The van der Waals surface area contributed by atoms with Crippen LogP contribution in [0.2, 0.25) is 5.02 Å². The fourth-order valence-electron chi connectivity index (χ4n) is 2.51. The number of amides is 2. The van der Waals surface area contributed by atoms with Crippen LogP contribution in [-0.4, -0.2) is 46.5 Å². The molecule has 0 saturated heterocycles. The van der Waals surface area contributed by atoms with Crippen LogP contribution in [0.3, 0.4) is 0 Å². The molecular weight excluding hydrogens is 399 g/mol. The Balaban J connectivity index is 1.59. The number of carbonyl (C=O) groups excluding carboxylic acids is 1. The quantitative estimate of drug-likeness (QED) is 0.572. The van der Waals surface area contributed by atoms with Crippen LogP contribution in [0.15, 0.2) is 48.8 Å². The van der Waals surface area contributed by atoms with Crippen molar-refractivity contribution in [1.82, 2.24) is 20.1 Å². The highest BCUT2D eigenvalue weighted by atomic mass is 35.5. The van der Waals surface area contributed by atoms with E-state index in [2.05, 4.69) is 20.7 Å². The molecule has 0 aliphatic heterocycles. The van der Waals surface area contributed by atoms with Gasteiger partial charge in [0, 0.05) is 26.3 Å². The number of halogens is 2. The highest BCUT2D eigenvalue weighted by molar-refractivity contribution is 6.30. The molecule has 29 heavy (non-hydrogen) atoms. The number of hydrogen-bond donors (Lipinski definition) is 3. The number of carbonyl (C=O) groups is 1. The van der Waals surface area contributed by atoms with E-state index in [-0.39, 0.29) is 11.6 Å². The first-order chi connectivity index (χ1) is 13.8. The van der Waals surface area contributed by atoms with E-state index in [1.807, 2.05) is 20.2 Å². The maximum Gasteiger partial charge on any atom is 0.319 e. The van der Waals surface area contributed by atoms with Crippen LogP contribution in [0.5, 0.6) is 0 Å². The normalized spacial score (nSPS) is 11.8. The molecule has 1 atom stereocenters. The van der Waals surface area contributed by atoms with Gasteiger partial charge in [-0.3, -0.25) is 0 Å². The number of nitrogens with zero attached hydrogens (tertiary/aromatic N) is 4. The lowest BCUT2D eigenvalue weighted by molar-refractivity contribution is 0.174. The summed E-state index contributed by atoms with van der Waals surface area (Å²) in [7, 11) is 3.68. The third-order valence-corrected chi connectivity index (χ3v) is 4.34. The molecule has 0 unspecified atom stereocenters. The van der Waals surface area contributed by atoms with Gasteiger partial charge in [-0.05, 0) is 35.9 Å². The number of benzene rings is 2. The van der Waals surface area contributed by atoms with E-state index < -0.39 is 18.0 Å². The number of anilines is 2. The average Bonchev–Trinajstić information content (AvgIpc) is 3.19. The fourth-order valence-corrected chi connectivity index (χ4v) is 2.63. The van der Waals surface area contributed by atoms with Gasteiger partial charge in [-0.1, -0.05) is 23.7 Å². The Bertz CT molecular complexity index is 1010. The molecule has 2 amide bonds. The second-order valence-corrected chi connectivity index (χ2v) is 6.87. The molecule has 3 aromatic rings. The Hall–Kier alpha value is -3.17. The monoisotopic (exact) mass is 418 g/mol. The third-order valence-electron chi connectivity index (χ3n) is 4.03. The van der Waals surface area contributed by atoms with Crippen molar-refractivity contribution in [2.75, 3.05) is 30.9 Å². The number of hydrogen-bond acceptors (Lipinski definition) is 5. The van der Waals surface area contributed by atoms with Crippen LogP contribution in [0.1, 0.15) is 11.7 Å². The van der Waals surface area contributed by atoms with Crippen molar-refractivity contribution < 1.29 is 14.3 Å². The smallest absolute Gasteiger partial charge is 0.319 e. The zero-order valence-corrected chi connectivity index (χ0v) is 16.6. The minimum atomic E-state index is -1.07. The lowest BCUT2D eigenvalue weighted by atomic mass is 10.1. The second-order valence-electron chi connectivity index (χ2n) is 6.46. The van der Waals surface area contributed by atoms with Crippen LogP contribution < -0.4 is 15.5 Å². The lowest BCUT2D eigenvalue weighted by Gasteiger charge is -2.14. The summed E-state index contributed by atoms with van der Waals surface area (Å²) in [6, 6.07) is 10.5. The number of aliphatic hydroxyl groups is 1. The van der Waals surface area contributed by atoms with Crippen LogP contribution >= 0.6 is 11.6 Å². The Kier molecular flexibility index (Phi) is 6.30. The number of urea groups is 1. The summed E-state index contributed by atoms with van der Waals surface area (Å²) in [5, 5.41) is 19.6. The Morgan fingerprint density at radius 1 is 1.31 bits per heavy atom. The van der Waals surface area contributed by atoms with Crippen molar-refractivity contribution in [3.8, 4) is 5.69 Å². The predicted octanol–water partition coefficient (Wildman–Crippen LogP) is 2.98. The van der Waals surface area contributed by atoms with Gasteiger partial charge in [0.2, 0.25) is 5.95 Å². The molecule has 3 N–H and O–H groups in total. The molecule has 0 radical (unpaired) electrons. The lowest BCUT2D eigenvalue weighted by Crippen LogP contribution is -2.32. The van der Waals surface area contributed by atoms with Crippen molar-refractivity contribution in [3.63, 3.8) is 0 Å².